The Kier molecular flexibility index (Phi) is 2.30. The summed E-state index contributed by atoms with van der Waals surface area (Å²) in [6, 6.07) is 16.2. The van der Waals surface area contributed by atoms with E-state index in [2.05, 4.69) is 34.7 Å². The van der Waals surface area contributed by atoms with Gasteiger partial charge in [0, 0.05) is 4.43 Å². The predicted octanol–water partition coefficient (Wildman–Crippen LogP) is 3.34. The Morgan fingerprint density at radius 1 is 0.875 bits per heavy atom. The smallest absolute Gasteiger partial charge is 0.125 e. The molecule has 16 heavy (non-hydrogen) atoms. The van der Waals surface area contributed by atoms with Gasteiger partial charge in [-0.15, -0.1) is 0 Å². The van der Waals surface area contributed by atoms with Gasteiger partial charge in [-0.3, -0.25) is 0 Å². The van der Waals surface area contributed by atoms with Crippen molar-refractivity contribution in [1.82, 2.24) is 0 Å². The van der Waals surface area contributed by atoms with Gasteiger partial charge < -0.3 is 5.11 Å². The Labute approximate surface area is 108 Å². The molecule has 0 fully saturated rings. The van der Waals surface area contributed by atoms with Crippen molar-refractivity contribution in [2.24, 2.45) is 0 Å². The Hall–Kier alpha value is -0.870. The number of rotatable bonds is 1. The quantitative estimate of drug-likeness (QED) is 0.631. The van der Waals surface area contributed by atoms with Gasteiger partial charge in [-0.1, -0.05) is 71.1 Å². The summed E-state index contributed by atoms with van der Waals surface area (Å²) < 4.78 is 0.679. The van der Waals surface area contributed by atoms with E-state index < -0.39 is 5.60 Å². The fourth-order valence-electron chi connectivity index (χ4n) is 2.45. The molecule has 2 aromatic carbocycles. The first-order valence-corrected chi connectivity index (χ1v) is 6.77. The van der Waals surface area contributed by atoms with Gasteiger partial charge in [-0.05, 0) is 22.3 Å². The number of fused-ring (bicyclic) bond motifs is 3. The topological polar surface area (TPSA) is 20.2 Å². The minimum Gasteiger partial charge on any atom is -0.380 e. The lowest BCUT2D eigenvalue weighted by molar-refractivity contribution is 0.116. The maximum Gasteiger partial charge on any atom is 0.125 e. The summed E-state index contributed by atoms with van der Waals surface area (Å²) in [5, 5.41) is 10.8. The van der Waals surface area contributed by atoms with E-state index in [9.17, 15) is 5.11 Å². The molecule has 0 atom stereocenters. The molecular weight excluding hydrogens is 311 g/mol. The third kappa shape index (κ3) is 1.20. The summed E-state index contributed by atoms with van der Waals surface area (Å²) in [5.74, 6) is 0. The summed E-state index contributed by atoms with van der Waals surface area (Å²) in [7, 11) is 0. The van der Waals surface area contributed by atoms with E-state index in [1.54, 1.807) is 0 Å². The Bertz CT molecular complexity index is 502. The molecule has 3 rings (SSSR count). The van der Waals surface area contributed by atoms with Gasteiger partial charge in [0.05, 0.1) is 0 Å². The van der Waals surface area contributed by atoms with Gasteiger partial charge in [0.2, 0.25) is 0 Å². The molecule has 0 saturated heterocycles. The van der Waals surface area contributed by atoms with Crippen LogP contribution in [0.25, 0.3) is 11.1 Å². The molecular formula is C14H11IO. The first-order valence-electron chi connectivity index (χ1n) is 5.25. The first kappa shape index (κ1) is 10.3. The van der Waals surface area contributed by atoms with Crippen LogP contribution in [0.2, 0.25) is 0 Å². The van der Waals surface area contributed by atoms with Crippen molar-refractivity contribution in [3.05, 3.63) is 59.7 Å². The second-order valence-corrected chi connectivity index (χ2v) is 4.85. The van der Waals surface area contributed by atoms with Crippen LogP contribution in [-0.4, -0.2) is 9.53 Å². The van der Waals surface area contributed by atoms with Gasteiger partial charge in [-0.2, -0.15) is 0 Å². The van der Waals surface area contributed by atoms with E-state index in [0.717, 1.165) is 22.3 Å². The average Bonchev–Trinajstić information content (AvgIpc) is 2.62. The molecule has 0 bridgehead atoms. The van der Waals surface area contributed by atoms with Crippen LogP contribution in [0.5, 0.6) is 0 Å². The lowest BCUT2D eigenvalue weighted by atomic mass is 9.94. The van der Waals surface area contributed by atoms with Crippen LogP contribution in [0.4, 0.5) is 0 Å². The van der Waals surface area contributed by atoms with Crippen LogP contribution in [0.1, 0.15) is 11.1 Å². The Morgan fingerprint density at radius 3 is 1.75 bits per heavy atom. The minimum absolute atomic E-state index is 0.679. The molecule has 0 unspecified atom stereocenters. The molecule has 0 amide bonds. The van der Waals surface area contributed by atoms with E-state index in [1.807, 2.05) is 36.4 Å². The summed E-state index contributed by atoms with van der Waals surface area (Å²) in [6.07, 6.45) is 0. The lowest BCUT2D eigenvalue weighted by Gasteiger charge is -2.22. The summed E-state index contributed by atoms with van der Waals surface area (Å²) in [6.45, 7) is 0. The first-order chi connectivity index (χ1) is 7.77. The van der Waals surface area contributed by atoms with E-state index in [0.29, 0.717) is 4.43 Å². The van der Waals surface area contributed by atoms with E-state index >= 15 is 0 Å². The van der Waals surface area contributed by atoms with Gasteiger partial charge in [0.15, 0.2) is 0 Å². The molecule has 0 heterocycles. The number of aliphatic hydroxyl groups is 1. The predicted molar refractivity (Wildman–Crippen MR) is 73.8 cm³/mol. The van der Waals surface area contributed by atoms with Crippen molar-refractivity contribution >= 4 is 22.6 Å². The van der Waals surface area contributed by atoms with Gasteiger partial charge >= 0.3 is 0 Å². The molecule has 1 aliphatic rings. The number of benzene rings is 2. The third-order valence-corrected chi connectivity index (χ3v) is 4.33. The lowest BCUT2D eigenvalue weighted by Crippen LogP contribution is -2.26. The van der Waals surface area contributed by atoms with Crippen molar-refractivity contribution < 1.29 is 5.11 Å². The SMILES string of the molecule is OC1(CI)c2ccccc2-c2ccccc21. The average molecular weight is 322 g/mol. The van der Waals surface area contributed by atoms with E-state index in [4.69, 9.17) is 0 Å². The molecule has 1 nitrogen and oxygen atoms in total. The zero-order chi connectivity index (χ0) is 11.2. The fraction of sp³-hybridized carbons (Fsp3) is 0.143. The molecule has 0 spiro atoms. The van der Waals surface area contributed by atoms with E-state index in [-0.39, 0.29) is 0 Å². The Morgan fingerprint density at radius 2 is 1.31 bits per heavy atom. The maximum absolute atomic E-state index is 10.8. The van der Waals surface area contributed by atoms with Crippen molar-refractivity contribution in [1.29, 1.82) is 0 Å². The molecule has 0 radical (unpaired) electrons. The minimum atomic E-state index is -0.812. The molecule has 0 saturated carbocycles. The molecule has 0 aliphatic heterocycles. The van der Waals surface area contributed by atoms with Crippen LogP contribution >= 0.6 is 22.6 Å². The molecule has 1 N–H and O–H groups in total. The van der Waals surface area contributed by atoms with Crippen molar-refractivity contribution in [3.63, 3.8) is 0 Å². The van der Waals surface area contributed by atoms with Gasteiger partial charge in [0.25, 0.3) is 0 Å². The van der Waals surface area contributed by atoms with Crippen LogP contribution in [-0.2, 0) is 5.60 Å². The number of hydrogen-bond acceptors (Lipinski definition) is 1. The standard InChI is InChI=1S/C14H11IO/c15-9-14(16)12-7-3-1-5-10(12)11-6-2-4-8-13(11)14/h1-8,16H,9H2. The van der Waals surface area contributed by atoms with Crippen molar-refractivity contribution in [2.75, 3.05) is 4.43 Å². The molecule has 2 aromatic rings. The van der Waals surface area contributed by atoms with Crippen molar-refractivity contribution in [3.8, 4) is 11.1 Å². The molecule has 2 heteroatoms. The second-order valence-electron chi connectivity index (χ2n) is 4.09. The third-order valence-electron chi connectivity index (χ3n) is 3.23. The highest BCUT2D eigenvalue weighted by Gasteiger charge is 2.40. The zero-order valence-corrected chi connectivity index (χ0v) is 10.8. The van der Waals surface area contributed by atoms with Crippen LogP contribution in [0, 0.1) is 0 Å². The largest absolute Gasteiger partial charge is 0.380 e. The Balaban J connectivity index is 2.39. The summed E-state index contributed by atoms with van der Waals surface area (Å²) >= 11 is 2.25. The number of halogens is 1. The van der Waals surface area contributed by atoms with Crippen molar-refractivity contribution in [2.45, 2.75) is 5.60 Å². The molecule has 0 aromatic heterocycles. The van der Waals surface area contributed by atoms with Crippen LogP contribution < -0.4 is 0 Å². The second kappa shape index (κ2) is 3.57. The highest BCUT2D eigenvalue weighted by Crippen LogP contribution is 2.47. The summed E-state index contributed by atoms with van der Waals surface area (Å²) in [4.78, 5) is 0. The molecule has 1 aliphatic carbocycles. The van der Waals surface area contributed by atoms with Gasteiger partial charge in [0.1, 0.15) is 5.60 Å². The van der Waals surface area contributed by atoms with Crippen LogP contribution in [0.15, 0.2) is 48.5 Å². The van der Waals surface area contributed by atoms with Gasteiger partial charge in [-0.25, -0.2) is 0 Å². The number of alkyl halides is 1. The highest BCUT2D eigenvalue weighted by atomic mass is 127. The highest BCUT2D eigenvalue weighted by molar-refractivity contribution is 14.1. The maximum atomic E-state index is 10.8. The fourth-order valence-corrected chi connectivity index (χ4v) is 3.27. The zero-order valence-electron chi connectivity index (χ0n) is 8.65. The number of hydrogen-bond donors (Lipinski definition) is 1. The van der Waals surface area contributed by atoms with Crippen LogP contribution in [0.3, 0.4) is 0 Å². The van der Waals surface area contributed by atoms with E-state index in [1.165, 1.54) is 0 Å². The normalized spacial score (nSPS) is 15.6. The summed E-state index contributed by atoms with van der Waals surface area (Å²) in [5.41, 5.74) is 3.58. The monoisotopic (exact) mass is 322 g/mol. The molecule has 80 valence electrons.